The van der Waals surface area contributed by atoms with Gasteiger partial charge in [0.15, 0.2) is 0 Å². The smallest absolute Gasteiger partial charge is 0.314 e. The van der Waals surface area contributed by atoms with Crippen molar-refractivity contribution in [1.29, 1.82) is 0 Å². The molecule has 29 heavy (non-hydrogen) atoms. The highest BCUT2D eigenvalue weighted by Gasteiger charge is 2.27. The highest BCUT2D eigenvalue weighted by Crippen LogP contribution is 2.26. The van der Waals surface area contributed by atoms with Gasteiger partial charge in [-0.3, -0.25) is 4.79 Å². The van der Waals surface area contributed by atoms with Crippen LogP contribution in [0.3, 0.4) is 0 Å². The van der Waals surface area contributed by atoms with Gasteiger partial charge in [-0.1, -0.05) is 64.5 Å². The Balaban J connectivity index is 4.21. The van der Waals surface area contributed by atoms with E-state index in [0.29, 0.717) is 6.42 Å². The summed E-state index contributed by atoms with van der Waals surface area (Å²) in [7, 11) is 1.65. The van der Waals surface area contributed by atoms with E-state index in [9.17, 15) is 9.59 Å². The molecule has 170 valence electrons. The summed E-state index contributed by atoms with van der Waals surface area (Å²) in [4.78, 5) is 23.4. The summed E-state index contributed by atoms with van der Waals surface area (Å²) in [6.07, 6.45) is 20.9. The molecule has 5 heteroatoms. The molecule has 0 aliphatic heterocycles. The summed E-state index contributed by atoms with van der Waals surface area (Å²) >= 11 is 1.73. The number of thioether (sulfide) groups is 1. The van der Waals surface area contributed by atoms with E-state index in [0.717, 1.165) is 25.7 Å². The van der Waals surface area contributed by atoms with Gasteiger partial charge in [-0.25, -0.2) is 4.79 Å². The Morgan fingerprint density at radius 2 is 1.55 bits per heavy atom. The van der Waals surface area contributed by atoms with Crippen LogP contribution >= 0.6 is 11.8 Å². The summed E-state index contributed by atoms with van der Waals surface area (Å²) in [5.74, 6) is 0.472. The summed E-state index contributed by atoms with van der Waals surface area (Å²) in [6, 6.07) is -0.0396. The normalized spacial score (nSPS) is 14.5. The van der Waals surface area contributed by atoms with Crippen LogP contribution in [0.15, 0.2) is 12.2 Å². The van der Waals surface area contributed by atoms with E-state index in [1.807, 2.05) is 0 Å². The van der Waals surface area contributed by atoms with Crippen LogP contribution in [-0.2, 0) is 4.79 Å². The largest absolute Gasteiger partial charge is 0.341 e. The third-order valence-electron chi connectivity index (χ3n) is 5.58. The van der Waals surface area contributed by atoms with Gasteiger partial charge < -0.3 is 10.6 Å². The van der Waals surface area contributed by atoms with Crippen LogP contribution in [0.5, 0.6) is 0 Å². The first-order chi connectivity index (χ1) is 14.0. The molecule has 0 aromatic heterocycles. The van der Waals surface area contributed by atoms with Gasteiger partial charge in [0.2, 0.25) is 0 Å². The lowest BCUT2D eigenvalue weighted by Crippen LogP contribution is -2.46. The van der Waals surface area contributed by atoms with Gasteiger partial charge in [0, 0.05) is 24.8 Å². The number of nitrogens with one attached hydrogen (secondary N) is 2. The minimum absolute atomic E-state index is 0.0962. The second-order valence-corrected chi connectivity index (χ2v) is 9.26. The Labute approximate surface area is 184 Å². The number of rotatable bonds is 18. The van der Waals surface area contributed by atoms with E-state index >= 15 is 0 Å². The molecule has 4 nitrogen and oxygen atoms in total. The fourth-order valence-corrected chi connectivity index (χ4v) is 4.66. The second-order valence-electron chi connectivity index (χ2n) is 8.18. The number of amides is 2. The number of urea groups is 1. The van der Waals surface area contributed by atoms with Crippen molar-refractivity contribution in [2.24, 2.45) is 5.92 Å². The molecule has 0 heterocycles. The molecule has 0 aromatic carbocycles. The molecule has 0 radical (unpaired) electrons. The molecule has 3 atom stereocenters. The molecule has 0 aromatic rings. The van der Waals surface area contributed by atoms with E-state index in [2.05, 4.69) is 42.9 Å². The van der Waals surface area contributed by atoms with Crippen LogP contribution in [0.4, 0.5) is 4.79 Å². The monoisotopic (exact) mass is 426 g/mol. The van der Waals surface area contributed by atoms with Crippen LogP contribution in [0, 0.1) is 5.92 Å². The topological polar surface area (TPSA) is 58.2 Å². The van der Waals surface area contributed by atoms with Crippen LogP contribution in [-0.4, -0.2) is 36.4 Å². The van der Waals surface area contributed by atoms with E-state index in [1.165, 1.54) is 44.9 Å². The molecule has 0 spiro atoms. The minimum atomic E-state index is -0.136. The third kappa shape index (κ3) is 15.5. The quantitative estimate of drug-likeness (QED) is 0.194. The van der Waals surface area contributed by atoms with Crippen molar-refractivity contribution in [1.82, 2.24) is 10.6 Å². The number of hydrogen-bond acceptors (Lipinski definition) is 3. The van der Waals surface area contributed by atoms with Gasteiger partial charge in [0.1, 0.15) is 5.78 Å². The molecule has 0 bridgehead atoms. The highest BCUT2D eigenvalue weighted by molar-refractivity contribution is 7.99. The lowest BCUT2D eigenvalue weighted by Gasteiger charge is -2.30. The number of hydrogen-bond donors (Lipinski definition) is 2. The molecule has 0 saturated carbocycles. The summed E-state index contributed by atoms with van der Waals surface area (Å²) in [5, 5.41) is 6.00. The SMILES string of the molecule is CCCCCCCCC=CCCCCC(NC(=O)NC)C(C)C(CC(C)=O)SC. The second kappa shape index (κ2) is 19.0. The first-order valence-corrected chi connectivity index (χ1v) is 12.9. The van der Waals surface area contributed by atoms with Crippen LogP contribution in [0.1, 0.15) is 97.8 Å². The number of unbranched alkanes of at least 4 members (excludes halogenated alkanes) is 8. The molecular weight excluding hydrogens is 380 g/mol. The van der Waals surface area contributed by atoms with Gasteiger partial charge in [-0.05, 0) is 51.2 Å². The Bertz CT molecular complexity index is 454. The molecular formula is C24H46N2O2S. The van der Waals surface area contributed by atoms with Crippen molar-refractivity contribution >= 4 is 23.6 Å². The van der Waals surface area contributed by atoms with Crippen molar-refractivity contribution in [2.75, 3.05) is 13.3 Å². The standard InChI is InChI=1S/C24H46N2O2S/c1-6-7-8-9-10-11-12-13-14-15-16-17-18-22(26-24(28)25-4)21(3)23(29-5)19-20(2)27/h13-14,21-23H,6-12,15-19H2,1-5H3,(H2,25,26,28). The van der Waals surface area contributed by atoms with Crippen LogP contribution < -0.4 is 10.6 Å². The average molecular weight is 427 g/mol. The van der Waals surface area contributed by atoms with Crippen molar-refractivity contribution in [2.45, 2.75) is 109 Å². The first kappa shape index (κ1) is 28.0. The van der Waals surface area contributed by atoms with Gasteiger partial charge in [0.05, 0.1) is 0 Å². The van der Waals surface area contributed by atoms with Gasteiger partial charge >= 0.3 is 6.03 Å². The highest BCUT2D eigenvalue weighted by atomic mass is 32.2. The van der Waals surface area contributed by atoms with Crippen LogP contribution in [0.2, 0.25) is 0 Å². The van der Waals surface area contributed by atoms with Gasteiger partial charge in [-0.2, -0.15) is 11.8 Å². The molecule has 0 aliphatic rings. The Kier molecular flexibility index (Phi) is 18.4. The predicted molar refractivity (Wildman–Crippen MR) is 129 cm³/mol. The molecule has 0 saturated heterocycles. The van der Waals surface area contributed by atoms with Crippen molar-refractivity contribution in [3.8, 4) is 0 Å². The number of allylic oxidation sites excluding steroid dienone is 2. The zero-order valence-electron chi connectivity index (χ0n) is 19.6. The summed E-state index contributed by atoms with van der Waals surface area (Å²) in [6.45, 7) is 6.06. The van der Waals surface area contributed by atoms with E-state index in [4.69, 9.17) is 0 Å². The maximum absolute atomic E-state index is 11.9. The molecule has 0 rings (SSSR count). The number of Topliss-reactive ketones (excluding diaryl/α,β-unsaturated/α-hetero) is 1. The maximum Gasteiger partial charge on any atom is 0.314 e. The Morgan fingerprint density at radius 1 is 0.966 bits per heavy atom. The molecule has 3 unspecified atom stereocenters. The van der Waals surface area contributed by atoms with E-state index in [-0.39, 0.29) is 29.0 Å². The number of ketones is 1. The number of carbonyl (C=O) groups is 2. The first-order valence-electron chi connectivity index (χ1n) is 11.6. The summed E-state index contributed by atoms with van der Waals surface area (Å²) in [5.41, 5.74) is 0. The van der Waals surface area contributed by atoms with Crippen molar-refractivity contribution in [3.63, 3.8) is 0 Å². The van der Waals surface area contributed by atoms with E-state index < -0.39 is 0 Å². The van der Waals surface area contributed by atoms with E-state index in [1.54, 1.807) is 25.7 Å². The zero-order valence-corrected chi connectivity index (χ0v) is 20.4. The molecule has 0 aliphatic carbocycles. The van der Waals surface area contributed by atoms with Gasteiger partial charge in [-0.15, -0.1) is 0 Å². The summed E-state index contributed by atoms with van der Waals surface area (Å²) < 4.78 is 0. The van der Waals surface area contributed by atoms with Crippen molar-refractivity contribution in [3.05, 3.63) is 12.2 Å². The molecule has 2 amide bonds. The van der Waals surface area contributed by atoms with Crippen molar-refractivity contribution < 1.29 is 9.59 Å². The third-order valence-corrected chi connectivity index (χ3v) is 6.78. The fourth-order valence-electron chi connectivity index (χ4n) is 3.64. The van der Waals surface area contributed by atoms with Gasteiger partial charge in [0.25, 0.3) is 0 Å². The molecule has 0 fully saturated rings. The zero-order chi connectivity index (χ0) is 21.9. The Hall–Kier alpha value is -0.970. The Morgan fingerprint density at radius 3 is 2.10 bits per heavy atom. The predicted octanol–water partition coefficient (Wildman–Crippen LogP) is 6.50. The number of carbonyl (C=O) groups excluding carboxylic acids is 2. The maximum atomic E-state index is 11.9. The minimum Gasteiger partial charge on any atom is -0.341 e. The molecule has 2 N–H and O–H groups in total. The van der Waals surface area contributed by atoms with Crippen LogP contribution in [0.25, 0.3) is 0 Å². The lowest BCUT2D eigenvalue weighted by molar-refractivity contribution is -0.117. The lowest BCUT2D eigenvalue weighted by atomic mass is 9.91. The fraction of sp³-hybridized carbons (Fsp3) is 0.833. The average Bonchev–Trinajstić information content (AvgIpc) is 2.70.